The summed E-state index contributed by atoms with van der Waals surface area (Å²) in [6, 6.07) is 9.15. The van der Waals surface area contributed by atoms with Crippen LogP contribution in [0, 0.1) is 11.8 Å². The largest absolute Gasteiger partial charge is 0.381 e. The Kier molecular flexibility index (Phi) is 6.52. The molecule has 3 rings (SSSR count). The second kappa shape index (κ2) is 8.84. The minimum atomic E-state index is 0.0933. The molecule has 2 aliphatic rings. The third-order valence-electron chi connectivity index (χ3n) is 5.93. The Bertz CT molecular complexity index is 540. The van der Waals surface area contributed by atoms with Gasteiger partial charge in [0.25, 0.3) is 0 Å². The molecular weight excluding hydrogens is 310 g/mol. The fraction of sp³-hybridized carbons (Fsp3) is 0.682. The molecule has 25 heavy (non-hydrogen) atoms. The number of hydrogen-bond donors (Lipinski definition) is 1. The van der Waals surface area contributed by atoms with E-state index in [1.54, 1.807) is 0 Å². The van der Waals surface area contributed by atoms with Crippen LogP contribution >= 0.6 is 0 Å². The van der Waals surface area contributed by atoms with Crippen molar-refractivity contribution in [2.45, 2.75) is 70.8 Å². The van der Waals surface area contributed by atoms with Gasteiger partial charge in [0.05, 0.1) is 6.04 Å². The lowest BCUT2D eigenvalue weighted by Crippen LogP contribution is -2.38. The SMILES string of the molecule is CC(C)[C@@H](NC(=O)C1CCOCC1)c1ccc(C2CCCCC2)cc1. The first-order chi connectivity index (χ1) is 12.1. The lowest BCUT2D eigenvalue weighted by atomic mass is 9.83. The summed E-state index contributed by atoms with van der Waals surface area (Å²) in [7, 11) is 0. The van der Waals surface area contributed by atoms with Gasteiger partial charge in [-0.15, -0.1) is 0 Å². The van der Waals surface area contributed by atoms with E-state index in [4.69, 9.17) is 4.74 Å². The summed E-state index contributed by atoms with van der Waals surface area (Å²) < 4.78 is 5.38. The van der Waals surface area contributed by atoms with Gasteiger partial charge in [-0.2, -0.15) is 0 Å². The molecular formula is C22H33NO2. The van der Waals surface area contributed by atoms with Crippen LogP contribution in [0.4, 0.5) is 0 Å². The summed E-state index contributed by atoms with van der Waals surface area (Å²) in [5, 5.41) is 3.31. The highest BCUT2D eigenvalue weighted by Gasteiger charge is 2.26. The van der Waals surface area contributed by atoms with Gasteiger partial charge in [-0.25, -0.2) is 0 Å². The van der Waals surface area contributed by atoms with Crippen molar-refractivity contribution in [3.05, 3.63) is 35.4 Å². The minimum Gasteiger partial charge on any atom is -0.381 e. The zero-order valence-electron chi connectivity index (χ0n) is 15.8. The van der Waals surface area contributed by atoms with E-state index in [0.717, 1.165) is 18.8 Å². The van der Waals surface area contributed by atoms with E-state index in [0.29, 0.717) is 19.1 Å². The number of carbonyl (C=O) groups is 1. The van der Waals surface area contributed by atoms with Crippen molar-refractivity contribution in [1.29, 1.82) is 0 Å². The molecule has 0 aromatic heterocycles. The van der Waals surface area contributed by atoms with E-state index in [-0.39, 0.29) is 17.9 Å². The molecule has 0 radical (unpaired) electrons. The van der Waals surface area contributed by atoms with E-state index >= 15 is 0 Å². The molecule has 1 aromatic rings. The Hall–Kier alpha value is -1.35. The standard InChI is InChI=1S/C22H33NO2/c1-16(2)21(23-22(24)20-12-14-25-15-13-20)19-10-8-18(9-11-19)17-6-4-3-5-7-17/h8-11,16-17,20-21H,3-7,12-15H2,1-2H3,(H,23,24)/t21-/m1/s1. The van der Waals surface area contributed by atoms with Gasteiger partial charge < -0.3 is 10.1 Å². The number of nitrogens with one attached hydrogen (secondary N) is 1. The number of carbonyl (C=O) groups excluding carboxylic acids is 1. The second-order valence-corrected chi connectivity index (χ2v) is 8.12. The first kappa shape index (κ1) is 18.4. The van der Waals surface area contributed by atoms with Gasteiger partial charge in [-0.1, -0.05) is 57.4 Å². The molecule has 0 bridgehead atoms. The van der Waals surface area contributed by atoms with Gasteiger partial charge in [0, 0.05) is 19.1 Å². The predicted octanol–water partition coefficient (Wildman–Crippen LogP) is 4.97. The van der Waals surface area contributed by atoms with E-state index in [9.17, 15) is 4.79 Å². The summed E-state index contributed by atoms with van der Waals surface area (Å²) in [5.74, 6) is 1.41. The van der Waals surface area contributed by atoms with E-state index < -0.39 is 0 Å². The van der Waals surface area contributed by atoms with Crippen molar-refractivity contribution in [1.82, 2.24) is 5.32 Å². The number of ether oxygens (including phenoxy) is 1. The van der Waals surface area contributed by atoms with Gasteiger partial charge in [0.2, 0.25) is 5.91 Å². The van der Waals surface area contributed by atoms with E-state index in [1.807, 2.05) is 0 Å². The normalized spacial score (nSPS) is 21.2. The third-order valence-corrected chi connectivity index (χ3v) is 5.93. The van der Waals surface area contributed by atoms with Gasteiger partial charge in [0.1, 0.15) is 0 Å². The minimum absolute atomic E-state index is 0.0933. The summed E-state index contributed by atoms with van der Waals surface area (Å²) in [6.07, 6.45) is 8.46. The van der Waals surface area contributed by atoms with Crippen LogP contribution in [0.3, 0.4) is 0 Å². The summed E-state index contributed by atoms with van der Waals surface area (Å²) in [5.41, 5.74) is 2.71. The fourth-order valence-corrected chi connectivity index (χ4v) is 4.28. The highest BCUT2D eigenvalue weighted by atomic mass is 16.5. The predicted molar refractivity (Wildman–Crippen MR) is 102 cm³/mol. The molecule has 1 atom stereocenters. The Balaban J connectivity index is 1.66. The maximum atomic E-state index is 12.6. The van der Waals surface area contributed by atoms with Crippen molar-refractivity contribution < 1.29 is 9.53 Å². The smallest absolute Gasteiger partial charge is 0.223 e. The fourth-order valence-electron chi connectivity index (χ4n) is 4.28. The average Bonchev–Trinajstić information content (AvgIpc) is 2.67. The molecule has 1 amide bonds. The number of rotatable bonds is 5. The molecule has 0 unspecified atom stereocenters. The molecule has 138 valence electrons. The van der Waals surface area contributed by atoms with Crippen molar-refractivity contribution in [2.75, 3.05) is 13.2 Å². The molecule has 1 saturated carbocycles. The number of amides is 1. The Morgan fingerprint density at radius 2 is 1.64 bits per heavy atom. The summed E-state index contributed by atoms with van der Waals surface area (Å²) in [6.45, 7) is 5.79. The van der Waals surface area contributed by atoms with E-state index in [2.05, 4.69) is 43.4 Å². The molecule has 1 heterocycles. The summed E-state index contributed by atoms with van der Waals surface area (Å²) >= 11 is 0. The molecule has 3 nitrogen and oxygen atoms in total. The van der Waals surface area contributed by atoms with Crippen LogP contribution in [0.25, 0.3) is 0 Å². The van der Waals surface area contributed by atoms with Crippen LogP contribution in [-0.4, -0.2) is 19.1 Å². The summed E-state index contributed by atoms with van der Waals surface area (Å²) in [4.78, 5) is 12.6. The van der Waals surface area contributed by atoms with Crippen molar-refractivity contribution in [3.63, 3.8) is 0 Å². The molecule has 1 aliphatic heterocycles. The average molecular weight is 344 g/mol. The molecule has 1 aromatic carbocycles. The molecule has 1 N–H and O–H groups in total. The Morgan fingerprint density at radius 1 is 1.00 bits per heavy atom. The zero-order valence-corrected chi connectivity index (χ0v) is 15.8. The van der Waals surface area contributed by atoms with Crippen LogP contribution < -0.4 is 5.32 Å². The third kappa shape index (κ3) is 4.84. The Labute approximate surface area is 152 Å². The second-order valence-electron chi connectivity index (χ2n) is 8.12. The molecule has 0 spiro atoms. The van der Waals surface area contributed by atoms with Crippen molar-refractivity contribution in [2.24, 2.45) is 11.8 Å². The van der Waals surface area contributed by atoms with Gasteiger partial charge in [-0.3, -0.25) is 4.79 Å². The first-order valence-electron chi connectivity index (χ1n) is 10.1. The maximum absolute atomic E-state index is 12.6. The number of hydrogen-bond acceptors (Lipinski definition) is 2. The maximum Gasteiger partial charge on any atom is 0.223 e. The topological polar surface area (TPSA) is 38.3 Å². The first-order valence-corrected chi connectivity index (χ1v) is 10.1. The van der Waals surface area contributed by atoms with Gasteiger partial charge >= 0.3 is 0 Å². The van der Waals surface area contributed by atoms with Crippen molar-refractivity contribution >= 4 is 5.91 Å². The molecule has 2 fully saturated rings. The number of benzene rings is 1. The highest BCUT2D eigenvalue weighted by Crippen LogP contribution is 2.33. The monoisotopic (exact) mass is 343 g/mol. The molecule has 3 heteroatoms. The van der Waals surface area contributed by atoms with Crippen LogP contribution in [0.1, 0.15) is 81.9 Å². The van der Waals surface area contributed by atoms with Crippen LogP contribution in [0.2, 0.25) is 0 Å². The highest BCUT2D eigenvalue weighted by molar-refractivity contribution is 5.79. The van der Waals surface area contributed by atoms with Gasteiger partial charge in [0.15, 0.2) is 0 Å². The quantitative estimate of drug-likeness (QED) is 0.819. The Morgan fingerprint density at radius 3 is 2.24 bits per heavy atom. The lowest BCUT2D eigenvalue weighted by molar-refractivity contribution is -0.129. The zero-order chi connectivity index (χ0) is 17.6. The van der Waals surface area contributed by atoms with E-state index in [1.165, 1.54) is 43.2 Å². The van der Waals surface area contributed by atoms with Crippen LogP contribution in [0.5, 0.6) is 0 Å². The lowest BCUT2D eigenvalue weighted by Gasteiger charge is -2.28. The van der Waals surface area contributed by atoms with Crippen LogP contribution in [0.15, 0.2) is 24.3 Å². The van der Waals surface area contributed by atoms with Crippen LogP contribution in [-0.2, 0) is 9.53 Å². The molecule has 1 saturated heterocycles. The van der Waals surface area contributed by atoms with Crippen molar-refractivity contribution in [3.8, 4) is 0 Å². The molecule has 1 aliphatic carbocycles. The van der Waals surface area contributed by atoms with Gasteiger partial charge in [-0.05, 0) is 48.6 Å².